The molecule has 2 aliphatic rings. The van der Waals surface area contributed by atoms with Gasteiger partial charge in [-0.3, -0.25) is 9.47 Å². The minimum absolute atomic E-state index is 0.130. The van der Waals surface area contributed by atoms with Gasteiger partial charge >= 0.3 is 5.69 Å². The molecule has 2 heterocycles. The average Bonchev–Trinajstić information content (AvgIpc) is 3.07. The largest absolute Gasteiger partial charge is 0.379 e. The molecule has 1 saturated heterocycles. The Kier molecular flexibility index (Phi) is 6.84. The Morgan fingerprint density at radius 3 is 2.55 bits per heavy atom. The van der Waals surface area contributed by atoms with Crippen LogP contribution in [-0.4, -0.2) is 59.0 Å². The summed E-state index contributed by atoms with van der Waals surface area (Å²) in [5.41, 5.74) is 2.05. The fourth-order valence-electron chi connectivity index (χ4n) is 5.39. The van der Waals surface area contributed by atoms with Crippen molar-refractivity contribution in [2.75, 3.05) is 32.9 Å². The molecule has 6 nitrogen and oxygen atoms in total. The first-order valence-electron chi connectivity index (χ1n) is 11.8. The second-order valence-corrected chi connectivity index (χ2v) is 9.40. The Balaban J connectivity index is 1.35. The molecular formula is C24H36FN3O3. The number of hydrogen-bond donors (Lipinski definition) is 1. The van der Waals surface area contributed by atoms with Crippen molar-refractivity contribution in [1.82, 2.24) is 14.5 Å². The Morgan fingerprint density at radius 1 is 1.16 bits per heavy atom. The number of H-pyrrole nitrogens is 1. The van der Waals surface area contributed by atoms with Gasteiger partial charge in [-0.05, 0) is 77.0 Å². The van der Waals surface area contributed by atoms with Crippen molar-refractivity contribution < 1.29 is 13.9 Å². The highest BCUT2D eigenvalue weighted by molar-refractivity contribution is 5.76. The van der Waals surface area contributed by atoms with Gasteiger partial charge in [-0.2, -0.15) is 0 Å². The van der Waals surface area contributed by atoms with Crippen LogP contribution in [0.1, 0.15) is 64.0 Å². The van der Waals surface area contributed by atoms with Gasteiger partial charge < -0.3 is 14.5 Å². The zero-order valence-electron chi connectivity index (χ0n) is 19.1. The Hall–Kier alpha value is -1.70. The van der Waals surface area contributed by atoms with Crippen LogP contribution in [0.25, 0.3) is 11.0 Å². The van der Waals surface area contributed by atoms with E-state index in [9.17, 15) is 9.18 Å². The van der Waals surface area contributed by atoms with E-state index in [0.29, 0.717) is 30.4 Å². The van der Waals surface area contributed by atoms with Gasteiger partial charge in [0.15, 0.2) is 0 Å². The molecule has 1 saturated carbocycles. The van der Waals surface area contributed by atoms with Crippen molar-refractivity contribution in [1.29, 1.82) is 0 Å². The molecular weight excluding hydrogens is 397 g/mol. The molecule has 4 rings (SSSR count). The molecule has 1 aliphatic heterocycles. The molecule has 1 aromatic carbocycles. The van der Waals surface area contributed by atoms with Crippen molar-refractivity contribution in [3.63, 3.8) is 0 Å². The summed E-state index contributed by atoms with van der Waals surface area (Å²) in [5, 5.41) is 0. The standard InChI is InChI=1S/C24H36FN3O3/c1-4-30-13-14-31-19-5-9-24(3,10-6-19)27-11-7-18(8-12-27)28-22-15-17(2)20(25)16-21(22)26-23(28)29/h15-16,18-19H,4-14H2,1-3H3,(H,26,29). The maximum absolute atomic E-state index is 13.9. The van der Waals surface area contributed by atoms with E-state index in [1.54, 1.807) is 13.0 Å². The van der Waals surface area contributed by atoms with Crippen LogP contribution in [0.4, 0.5) is 4.39 Å². The lowest BCUT2D eigenvalue weighted by molar-refractivity contribution is -0.0450. The minimum Gasteiger partial charge on any atom is -0.379 e. The topological polar surface area (TPSA) is 59.5 Å². The summed E-state index contributed by atoms with van der Waals surface area (Å²) in [6.45, 7) is 10.2. The van der Waals surface area contributed by atoms with Gasteiger partial charge in [0.05, 0.1) is 30.4 Å². The van der Waals surface area contributed by atoms with E-state index >= 15 is 0 Å². The summed E-state index contributed by atoms with van der Waals surface area (Å²) in [7, 11) is 0. The SMILES string of the molecule is CCOCCOC1CCC(C)(N2CCC(n3c(=O)[nH]c4cc(F)c(C)cc43)CC2)CC1. The molecule has 2 fully saturated rings. The summed E-state index contributed by atoms with van der Waals surface area (Å²) in [5.74, 6) is -0.277. The number of aromatic amines is 1. The number of hydrogen-bond acceptors (Lipinski definition) is 4. The number of imidazole rings is 1. The number of likely N-dealkylation sites (tertiary alicyclic amines) is 1. The quantitative estimate of drug-likeness (QED) is 0.666. The molecule has 0 radical (unpaired) electrons. The van der Waals surface area contributed by atoms with E-state index in [2.05, 4.69) is 16.8 Å². The van der Waals surface area contributed by atoms with Gasteiger partial charge in [-0.25, -0.2) is 9.18 Å². The van der Waals surface area contributed by atoms with Crippen molar-refractivity contribution in [3.8, 4) is 0 Å². The fraction of sp³-hybridized carbons (Fsp3) is 0.708. The van der Waals surface area contributed by atoms with Gasteiger partial charge in [0.25, 0.3) is 0 Å². The molecule has 0 bridgehead atoms. The fourth-order valence-corrected chi connectivity index (χ4v) is 5.39. The third-order valence-corrected chi connectivity index (χ3v) is 7.39. The predicted octanol–water partition coefficient (Wildman–Crippen LogP) is 4.17. The number of aryl methyl sites for hydroxylation is 1. The highest BCUT2D eigenvalue weighted by Gasteiger charge is 2.38. The van der Waals surface area contributed by atoms with Crippen LogP contribution < -0.4 is 5.69 Å². The van der Waals surface area contributed by atoms with E-state index in [1.807, 2.05) is 11.5 Å². The van der Waals surface area contributed by atoms with Crippen LogP contribution in [-0.2, 0) is 9.47 Å². The van der Waals surface area contributed by atoms with Gasteiger partial charge in [-0.15, -0.1) is 0 Å². The Morgan fingerprint density at radius 2 is 1.87 bits per heavy atom. The zero-order valence-corrected chi connectivity index (χ0v) is 19.1. The third kappa shape index (κ3) is 4.73. The van der Waals surface area contributed by atoms with Crippen molar-refractivity contribution >= 4 is 11.0 Å². The van der Waals surface area contributed by atoms with Crippen LogP contribution in [0, 0.1) is 12.7 Å². The van der Waals surface area contributed by atoms with Crippen LogP contribution >= 0.6 is 0 Å². The van der Waals surface area contributed by atoms with Crippen molar-refractivity contribution in [2.24, 2.45) is 0 Å². The zero-order chi connectivity index (χ0) is 22.0. The summed E-state index contributed by atoms with van der Waals surface area (Å²) in [6.07, 6.45) is 6.69. The first-order chi connectivity index (χ1) is 14.9. The van der Waals surface area contributed by atoms with E-state index in [0.717, 1.165) is 63.7 Å². The molecule has 0 atom stereocenters. The molecule has 2 aromatic rings. The highest BCUT2D eigenvalue weighted by Crippen LogP contribution is 2.38. The Labute approximate surface area is 183 Å². The lowest BCUT2D eigenvalue weighted by Gasteiger charge is -2.48. The molecule has 31 heavy (non-hydrogen) atoms. The summed E-state index contributed by atoms with van der Waals surface area (Å²) in [6, 6.07) is 3.39. The number of aromatic nitrogens is 2. The first kappa shape index (κ1) is 22.5. The lowest BCUT2D eigenvalue weighted by Crippen LogP contribution is -2.53. The second kappa shape index (κ2) is 9.43. The molecule has 0 amide bonds. The smallest absolute Gasteiger partial charge is 0.326 e. The monoisotopic (exact) mass is 433 g/mol. The van der Waals surface area contributed by atoms with E-state index in [-0.39, 0.29) is 23.1 Å². The maximum atomic E-state index is 13.9. The number of rotatable bonds is 7. The van der Waals surface area contributed by atoms with Gasteiger partial charge in [0.1, 0.15) is 5.82 Å². The number of nitrogens with one attached hydrogen (secondary N) is 1. The normalized spacial score (nSPS) is 26.0. The molecule has 0 spiro atoms. The molecule has 172 valence electrons. The Bertz CT molecular complexity index is 937. The average molecular weight is 434 g/mol. The number of ether oxygens (including phenoxy) is 2. The van der Waals surface area contributed by atoms with Crippen LogP contribution in [0.5, 0.6) is 0 Å². The maximum Gasteiger partial charge on any atom is 0.326 e. The first-order valence-corrected chi connectivity index (χ1v) is 11.8. The molecule has 1 aliphatic carbocycles. The number of nitrogens with zero attached hydrogens (tertiary/aromatic N) is 2. The van der Waals surface area contributed by atoms with Crippen LogP contribution in [0.3, 0.4) is 0 Å². The highest BCUT2D eigenvalue weighted by atomic mass is 19.1. The van der Waals surface area contributed by atoms with Gasteiger partial charge in [0, 0.05) is 31.3 Å². The van der Waals surface area contributed by atoms with Crippen molar-refractivity contribution in [2.45, 2.75) is 77.0 Å². The van der Waals surface area contributed by atoms with E-state index in [1.165, 1.54) is 6.07 Å². The lowest BCUT2D eigenvalue weighted by atomic mass is 9.79. The van der Waals surface area contributed by atoms with E-state index < -0.39 is 0 Å². The summed E-state index contributed by atoms with van der Waals surface area (Å²) >= 11 is 0. The summed E-state index contributed by atoms with van der Waals surface area (Å²) < 4.78 is 27.1. The number of piperidine rings is 1. The second-order valence-electron chi connectivity index (χ2n) is 9.40. The molecule has 1 aromatic heterocycles. The van der Waals surface area contributed by atoms with Crippen LogP contribution in [0.15, 0.2) is 16.9 Å². The van der Waals surface area contributed by atoms with E-state index in [4.69, 9.17) is 9.47 Å². The van der Waals surface area contributed by atoms with Crippen molar-refractivity contribution in [3.05, 3.63) is 34.0 Å². The van der Waals surface area contributed by atoms with Gasteiger partial charge in [0.2, 0.25) is 0 Å². The predicted molar refractivity (Wildman–Crippen MR) is 120 cm³/mol. The number of benzene rings is 1. The third-order valence-electron chi connectivity index (χ3n) is 7.39. The number of halogens is 1. The molecule has 7 heteroatoms. The minimum atomic E-state index is -0.277. The molecule has 1 N–H and O–H groups in total. The van der Waals surface area contributed by atoms with Crippen LogP contribution in [0.2, 0.25) is 0 Å². The summed E-state index contributed by atoms with van der Waals surface area (Å²) in [4.78, 5) is 18.1. The molecule has 0 unspecified atom stereocenters. The number of fused-ring (bicyclic) bond motifs is 1. The van der Waals surface area contributed by atoms with Gasteiger partial charge in [-0.1, -0.05) is 0 Å².